The molecule has 2 rings (SSSR count). The molecule has 0 bridgehead atoms. The summed E-state index contributed by atoms with van der Waals surface area (Å²) in [5, 5.41) is 4.65. The summed E-state index contributed by atoms with van der Waals surface area (Å²) in [6, 6.07) is 3.70. The van der Waals surface area contributed by atoms with Gasteiger partial charge in [0.05, 0.1) is 11.1 Å². The first kappa shape index (κ1) is 12.5. The number of aromatic nitrogens is 1. The Hall–Kier alpha value is -0.610. The fourth-order valence-electron chi connectivity index (χ4n) is 1.27. The van der Waals surface area contributed by atoms with E-state index in [0.29, 0.717) is 5.02 Å². The third kappa shape index (κ3) is 2.69. The van der Waals surface area contributed by atoms with Gasteiger partial charge in [-0.1, -0.05) is 11.6 Å². The Bertz CT molecular complexity index is 417. The van der Waals surface area contributed by atoms with E-state index in [1.165, 1.54) is 0 Å². The zero-order valence-electron chi connectivity index (χ0n) is 7.76. The largest absolute Gasteiger partial charge is 0.320 e. The van der Waals surface area contributed by atoms with E-state index in [4.69, 9.17) is 17.3 Å². The molecule has 0 aromatic carbocycles. The van der Waals surface area contributed by atoms with Gasteiger partial charge < -0.3 is 5.73 Å². The Balaban J connectivity index is 0.00000112. The van der Waals surface area contributed by atoms with Crippen LogP contribution in [0.25, 0.3) is 0 Å². The number of nitrogens with zero attached hydrogens (tertiary/aromatic N) is 1. The summed E-state index contributed by atoms with van der Waals surface area (Å²) in [5.41, 5.74) is 8.06. The van der Waals surface area contributed by atoms with E-state index in [2.05, 4.69) is 4.98 Å². The van der Waals surface area contributed by atoms with Crippen molar-refractivity contribution in [2.45, 2.75) is 6.04 Å². The Labute approximate surface area is 104 Å². The molecule has 0 aliphatic rings. The fourth-order valence-corrected chi connectivity index (χ4v) is 2.20. The van der Waals surface area contributed by atoms with Gasteiger partial charge >= 0.3 is 0 Å². The van der Waals surface area contributed by atoms with Gasteiger partial charge in [0.1, 0.15) is 0 Å². The molecule has 2 aromatic heterocycles. The van der Waals surface area contributed by atoms with Crippen LogP contribution in [0, 0.1) is 0 Å². The smallest absolute Gasteiger partial charge is 0.0640 e. The summed E-state index contributed by atoms with van der Waals surface area (Å²) in [6.07, 6.45) is 3.32. The van der Waals surface area contributed by atoms with Crippen LogP contribution in [0.4, 0.5) is 0 Å². The molecule has 0 aliphatic carbocycles. The quantitative estimate of drug-likeness (QED) is 0.901. The Morgan fingerprint density at radius 3 is 2.80 bits per heavy atom. The number of halogens is 2. The number of hydrogen-bond acceptors (Lipinski definition) is 3. The van der Waals surface area contributed by atoms with Crippen LogP contribution in [0.15, 0.2) is 35.3 Å². The van der Waals surface area contributed by atoms with Gasteiger partial charge in [-0.05, 0) is 34.0 Å². The number of pyridine rings is 1. The second-order valence-electron chi connectivity index (χ2n) is 2.93. The molecule has 0 spiro atoms. The Kier molecular flexibility index (Phi) is 4.54. The first-order valence-electron chi connectivity index (χ1n) is 4.16. The number of thiophene rings is 1. The molecule has 5 heteroatoms. The van der Waals surface area contributed by atoms with Gasteiger partial charge in [0.25, 0.3) is 0 Å². The summed E-state index contributed by atoms with van der Waals surface area (Å²) in [6.45, 7) is 0. The molecule has 0 amide bonds. The monoisotopic (exact) mass is 260 g/mol. The van der Waals surface area contributed by atoms with Crippen molar-refractivity contribution in [1.82, 2.24) is 4.98 Å². The number of rotatable bonds is 2. The molecule has 2 aromatic rings. The summed E-state index contributed by atoms with van der Waals surface area (Å²) in [5.74, 6) is 0. The molecular formula is C10H10Cl2N2S. The molecule has 0 fully saturated rings. The van der Waals surface area contributed by atoms with Crippen LogP contribution in [0.3, 0.4) is 0 Å². The third-order valence-corrected chi connectivity index (χ3v) is 3.06. The van der Waals surface area contributed by atoms with E-state index in [1.54, 1.807) is 23.7 Å². The normalized spacial score (nSPS) is 11.9. The van der Waals surface area contributed by atoms with E-state index in [0.717, 1.165) is 11.1 Å². The second kappa shape index (κ2) is 5.47. The first-order valence-corrected chi connectivity index (χ1v) is 5.48. The van der Waals surface area contributed by atoms with Crippen molar-refractivity contribution in [3.8, 4) is 0 Å². The van der Waals surface area contributed by atoms with Crippen LogP contribution in [0.1, 0.15) is 17.2 Å². The first-order chi connectivity index (χ1) is 6.79. The zero-order chi connectivity index (χ0) is 9.97. The van der Waals surface area contributed by atoms with Crippen LogP contribution >= 0.6 is 35.3 Å². The van der Waals surface area contributed by atoms with Crippen molar-refractivity contribution in [3.05, 3.63) is 51.4 Å². The van der Waals surface area contributed by atoms with Crippen LogP contribution in [-0.2, 0) is 0 Å². The predicted octanol–water partition coefficient (Wildman–Crippen LogP) is 3.27. The maximum absolute atomic E-state index is 6.06. The molecule has 0 saturated heterocycles. The summed E-state index contributed by atoms with van der Waals surface area (Å²) < 4.78 is 0. The lowest BCUT2D eigenvalue weighted by atomic mass is 10.0. The van der Waals surface area contributed by atoms with Crippen molar-refractivity contribution >= 4 is 35.3 Å². The van der Waals surface area contributed by atoms with E-state index in [-0.39, 0.29) is 18.4 Å². The molecule has 0 unspecified atom stereocenters. The van der Waals surface area contributed by atoms with Gasteiger partial charge in [-0.15, -0.1) is 12.4 Å². The summed E-state index contributed by atoms with van der Waals surface area (Å²) in [4.78, 5) is 3.92. The highest BCUT2D eigenvalue weighted by Crippen LogP contribution is 2.26. The van der Waals surface area contributed by atoms with E-state index < -0.39 is 0 Å². The third-order valence-electron chi connectivity index (χ3n) is 2.04. The van der Waals surface area contributed by atoms with Crippen LogP contribution < -0.4 is 5.73 Å². The molecule has 15 heavy (non-hydrogen) atoms. The maximum atomic E-state index is 6.06. The van der Waals surface area contributed by atoms with Crippen LogP contribution in [0.2, 0.25) is 5.02 Å². The molecule has 2 heterocycles. The summed E-state index contributed by atoms with van der Waals surface area (Å²) in [7, 11) is 0. The average Bonchev–Trinajstić information content (AvgIpc) is 2.70. The zero-order valence-corrected chi connectivity index (χ0v) is 10.1. The van der Waals surface area contributed by atoms with Gasteiger partial charge in [0.15, 0.2) is 0 Å². The number of nitrogens with two attached hydrogens (primary N) is 1. The lowest BCUT2D eigenvalue weighted by molar-refractivity contribution is 0.873. The molecule has 0 saturated carbocycles. The SMILES string of the molecule is Cl.N[C@@H](c1ccsc1)c1ccncc1Cl. The highest BCUT2D eigenvalue weighted by Gasteiger charge is 2.11. The van der Waals surface area contributed by atoms with Crippen molar-refractivity contribution in [3.63, 3.8) is 0 Å². The van der Waals surface area contributed by atoms with Crippen molar-refractivity contribution < 1.29 is 0 Å². The highest BCUT2D eigenvalue weighted by molar-refractivity contribution is 7.08. The second-order valence-corrected chi connectivity index (χ2v) is 4.12. The highest BCUT2D eigenvalue weighted by atomic mass is 35.5. The molecule has 2 N–H and O–H groups in total. The standard InChI is InChI=1S/C10H9ClN2S.ClH/c11-9-5-13-3-1-8(9)10(12)7-2-4-14-6-7;/h1-6,10H,12H2;1H/t10-;/m0./s1. The maximum Gasteiger partial charge on any atom is 0.0640 e. The Morgan fingerprint density at radius 1 is 1.40 bits per heavy atom. The molecule has 1 atom stereocenters. The minimum absolute atomic E-state index is 0. The molecule has 2 nitrogen and oxygen atoms in total. The lowest BCUT2D eigenvalue weighted by Gasteiger charge is -2.11. The Morgan fingerprint density at radius 2 is 2.20 bits per heavy atom. The lowest BCUT2D eigenvalue weighted by Crippen LogP contribution is -2.11. The van der Waals surface area contributed by atoms with E-state index in [9.17, 15) is 0 Å². The van der Waals surface area contributed by atoms with Crippen molar-refractivity contribution in [2.75, 3.05) is 0 Å². The molecule has 80 valence electrons. The fraction of sp³-hybridized carbons (Fsp3) is 0.100. The van der Waals surface area contributed by atoms with Gasteiger partial charge in [-0.25, -0.2) is 0 Å². The van der Waals surface area contributed by atoms with Gasteiger partial charge in [-0.3, -0.25) is 4.98 Å². The van der Waals surface area contributed by atoms with Crippen LogP contribution in [-0.4, -0.2) is 4.98 Å². The number of hydrogen-bond donors (Lipinski definition) is 1. The van der Waals surface area contributed by atoms with Gasteiger partial charge in [-0.2, -0.15) is 11.3 Å². The van der Waals surface area contributed by atoms with E-state index in [1.807, 2.05) is 22.9 Å². The van der Waals surface area contributed by atoms with Gasteiger partial charge in [0.2, 0.25) is 0 Å². The van der Waals surface area contributed by atoms with Crippen molar-refractivity contribution in [2.24, 2.45) is 5.73 Å². The topological polar surface area (TPSA) is 38.9 Å². The summed E-state index contributed by atoms with van der Waals surface area (Å²) >= 11 is 7.63. The minimum Gasteiger partial charge on any atom is -0.320 e. The van der Waals surface area contributed by atoms with Crippen LogP contribution in [0.5, 0.6) is 0 Å². The van der Waals surface area contributed by atoms with E-state index >= 15 is 0 Å². The van der Waals surface area contributed by atoms with Gasteiger partial charge in [0, 0.05) is 12.4 Å². The molecular weight excluding hydrogens is 251 g/mol. The minimum atomic E-state index is -0.156. The average molecular weight is 261 g/mol. The van der Waals surface area contributed by atoms with Crippen molar-refractivity contribution in [1.29, 1.82) is 0 Å². The molecule has 0 aliphatic heterocycles. The predicted molar refractivity (Wildman–Crippen MR) is 66.8 cm³/mol. The molecule has 0 radical (unpaired) electrons.